The van der Waals surface area contributed by atoms with E-state index in [-0.39, 0.29) is 16.1 Å². The van der Waals surface area contributed by atoms with Crippen molar-refractivity contribution in [2.24, 2.45) is 0 Å². The van der Waals surface area contributed by atoms with Gasteiger partial charge in [-0.05, 0) is 25.3 Å². The van der Waals surface area contributed by atoms with Gasteiger partial charge in [0, 0.05) is 25.0 Å². The molecule has 0 aliphatic heterocycles. The zero-order valence-electron chi connectivity index (χ0n) is 9.92. The lowest BCUT2D eigenvalue weighted by atomic mass is 10.4. The highest BCUT2D eigenvalue weighted by Crippen LogP contribution is 2.18. The molecule has 1 atom stereocenters. The van der Waals surface area contributed by atoms with Gasteiger partial charge in [0.2, 0.25) is 10.0 Å². The van der Waals surface area contributed by atoms with Crippen LogP contribution in [0, 0.1) is 0 Å². The number of halogens is 1. The number of hydrogen-bond acceptors (Lipinski definition) is 4. The fourth-order valence-electron chi connectivity index (χ4n) is 1.26. The Labute approximate surface area is 111 Å². The molecule has 0 saturated carbocycles. The highest BCUT2D eigenvalue weighted by atomic mass is 35.5. The van der Waals surface area contributed by atoms with Crippen molar-refractivity contribution in [2.75, 3.05) is 19.1 Å². The third kappa shape index (κ3) is 3.58. The maximum atomic E-state index is 12.2. The minimum absolute atomic E-state index is 0.0642. The summed E-state index contributed by atoms with van der Waals surface area (Å²) in [4.78, 5) is 3.95. The summed E-state index contributed by atoms with van der Waals surface area (Å²) in [6.07, 6.45) is 3.22. The molecule has 1 aromatic heterocycles. The van der Waals surface area contributed by atoms with Gasteiger partial charge >= 0.3 is 0 Å². The first-order chi connectivity index (χ1) is 7.89. The summed E-state index contributed by atoms with van der Waals surface area (Å²) in [5.41, 5.74) is 0. The number of nitrogens with zero attached hydrogens (tertiary/aromatic N) is 2. The van der Waals surface area contributed by atoms with Crippen LogP contribution in [0.1, 0.15) is 6.92 Å². The third-order valence-electron chi connectivity index (χ3n) is 2.41. The lowest BCUT2D eigenvalue weighted by Crippen LogP contribution is -2.36. The van der Waals surface area contributed by atoms with E-state index in [2.05, 4.69) is 4.98 Å². The van der Waals surface area contributed by atoms with Crippen molar-refractivity contribution in [2.45, 2.75) is 17.9 Å². The van der Waals surface area contributed by atoms with E-state index in [9.17, 15) is 8.42 Å². The molecule has 0 bridgehead atoms. The van der Waals surface area contributed by atoms with Crippen LogP contribution < -0.4 is 0 Å². The van der Waals surface area contributed by atoms with Gasteiger partial charge in [-0.2, -0.15) is 16.1 Å². The van der Waals surface area contributed by atoms with Crippen molar-refractivity contribution in [3.05, 3.63) is 23.5 Å². The van der Waals surface area contributed by atoms with Crippen LogP contribution in [-0.4, -0.2) is 42.8 Å². The van der Waals surface area contributed by atoms with E-state index in [1.165, 1.54) is 22.6 Å². The smallest absolute Gasteiger partial charge is 0.243 e. The molecular weight excluding hydrogens is 280 g/mol. The maximum Gasteiger partial charge on any atom is 0.244 e. The van der Waals surface area contributed by atoms with E-state index in [0.717, 1.165) is 5.75 Å². The van der Waals surface area contributed by atoms with Gasteiger partial charge in [0.25, 0.3) is 0 Å². The molecule has 0 spiro atoms. The largest absolute Gasteiger partial charge is 0.244 e. The van der Waals surface area contributed by atoms with Gasteiger partial charge in [0.05, 0.1) is 0 Å². The lowest BCUT2D eigenvalue weighted by Gasteiger charge is -2.23. The van der Waals surface area contributed by atoms with Crippen LogP contribution in [0.4, 0.5) is 0 Å². The average molecular weight is 295 g/mol. The Kier molecular flexibility index (Phi) is 5.24. The molecule has 0 aromatic carbocycles. The zero-order valence-corrected chi connectivity index (χ0v) is 12.3. The number of pyridine rings is 1. The summed E-state index contributed by atoms with van der Waals surface area (Å²) in [7, 11) is -1.90. The Morgan fingerprint density at radius 2 is 2.18 bits per heavy atom. The molecule has 1 aromatic rings. The van der Waals surface area contributed by atoms with Crippen molar-refractivity contribution >= 4 is 33.4 Å². The molecule has 0 radical (unpaired) electrons. The van der Waals surface area contributed by atoms with Crippen LogP contribution in [0.5, 0.6) is 0 Å². The summed E-state index contributed by atoms with van der Waals surface area (Å²) < 4.78 is 25.7. The molecule has 0 N–H and O–H groups in total. The topological polar surface area (TPSA) is 50.3 Å². The summed E-state index contributed by atoms with van der Waals surface area (Å²) in [6.45, 7) is 1.87. The Balaban J connectivity index is 2.98. The summed E-state index contributed by atoms with van der Waals surface area (Å²) in [5.74, 6) is 0.747. The quantitative estimate of drug-likeness (QED) is 0.781. The van der Waals surface area contributed by atoms with E-state index in [1.54, 1.807) is 18.8 Å². The molecule has 0 aliphatic rings. The summed E-state index contributed by atoms with van der Waals surface area (Å²) in [5, 5.41) is 0.281. The van der Waals surface area contributed by atoms with Gasteiger partial charge in [-0.15, -0.1) is 0 Å². The number of thioether (sulfide) groups is 1. The Morgan fingerprint density at radius 3 is 2.65 bits per heavy atom. The van der Waals surface area contributed by atoms with Crippen LogP contribution >= 0.6 is 23.4 Å². The monoisotopic (exact) mass is 294 g/mol. The minimum Gasteiger partial charge on any atom is -0.243 e. The minimum atomic E-state index is -3.48. The molecule has 0 amide bonds. The van der Waals surface area contributed by atoms with E-state index >= 15 is 0 Å². The van der Waals surface area contributed by atoms with Crippen molar-refractivity contribution in [3.8, 4) is 0 Å². The van der Waals surface area contributed by atoms with Crippen LogP contribution in [0.2, 0.25) is 5.15 Å². The molecule has 0 saturated heterocycles. The van der Waals surface area contributed by atoms with Gasteiger partial charge < -0.3 is 0 Å². The van der Waals surface area contributed by atoms with Gasteiger partial charge in [-0.1, -0.05) is 11.6 Å². The fraction of sp³-hybridized carbons (Fsp3) is 0.500. The molecule has 4 nitrogen and oxygen atoms in total. The zero-order chi connectivity index (χ0) is 13.1. The van der Waals surface area contributed by atoms with Crippen molar-refractivity contribution in [1.29, 1.82) is 0 Å². The lowest BCUT2D eigenvalue weighted by molar-refractivity contribution is 0.415. The molecule has 1 unspecified atom stereocenters. The first-order valence-corrected chi connectivity index (χ1v) is 8.19. The molecule has 0 fully saturated rings. The van der Waals surface area contributed by atoms with Crippen molar-refractivity contribution in [1.82, 2.24) is 9.29 Å². The number of rotatable bonds is 5. The normalized spacial score (nSPS) is 13.9. The Bertz CT molecular complexity index is 462. The van der Waals surface area contributed by atoms with E-state index in [4.69, 9.17) is 11.6 Å². The third-order valence-corrected chi connectivity index (χ3v) is 5.40. The second-order valence-electron chi connectivity index (χ2n) is 3.64. The predicted octanol–water partition coefficient (Wildman–Crippen LogP) is 2.11. The van der Waals surface area contributed by atoms with Crippen LogP contribution in [-0.2, 0) is 10.0 Å². The molecule has 7 heteroatoms. The van der Waals surface area contributed by atoms with Crippen LogP contribution in [0.25, 0.3) is 0 Å². The van der Waals surface area contributed by atoms with Gasteiger partial charge in [0.1, 0.15) is 10.0 Å². The fourth-order valence-corrected chi connectivity index (χ4v) is 3.48. The van der Waals surface area contributed by atoms with Gasteiger partial charge in [0.15, 0.2) is 0 Å². The summed E-state index contributed by atoms with van der Waals surface area (Å²) in [6, 6.07) is 2.87. The van der Waals surface area contributed by atoms with Gasteiger partial charge in [-0.25, -0.2) is 13.4 Å². The maximum absolute atomic E-state index is 12.2. The van der Waals surface area contributed by atoms with Crippen LogP contribution in [0.3, 0.4) is 0 Å². The average Bonchev–Trinajstić information content (AvgIpc) is 2.29. The van der Waals surface area contributed by atoms with E-state index in [0.29, 0.717) is 0 Å². The number of hydrogen-bond donors (Lipinski definition) is 0. The Morgan fingerprint density at radius 1 is 1.53 bits per heavy atom. The molecule has 1 heterocycles. The standard InChI is InChI=1S/C10H15ClN2O2S2/c1-8(7-16-3)13(2)17(14,15)9-4-5-10(11)12-6-9/h4-6,8H,7H2,1-3H3. The van der Waals surface area contributed by atoms with Crippen molar-refractivity contribution < 1.29 is 8.42 Å². The molecule has 96 valence electrons. The van der Waals surface area contributed by atoms with Crippen LogP contribution in [0.15, 0.2) is 23.2 Å². The second-order valence-corrected chi connectivity index (χ2v) is 6.94. The highest BCUT2D eigenvalue weighted by molar-refractivity contribution is 7.98. The first-order valence-electron chi connectivity index (χ1n) is 4.98. The first kappa shape index (κ1) is 14.8. The molecule has 1 rings (SSSR count). The highest BCUT2D eigenvalue weighted by Gasteiger charge is 2.25. The number of sulfonamides is 1. The molecular formula is C10H15ClN2O2S2. The van der Waals surface area contributed by atoms with Crippen molar-refractivity contribution in [3.63, 3.8) is 0 Å². The van der Waals surface area contributed by atoms with Gasteiger partial charge in [-0.3, -0.25) is 0 Å². The van der Waals surface area contributed by atoms with E-state index in [1.807, 2.05) is 13.2 Å². The predicted molar refractivity (Wildman–Crippen MR) is 72.0 cm³/mol. The summed E-state index contributed by atoms with van der Waals surface area (Å²) >= 11 is 7.24. The Hall–Kier alpha value is -0.300. The molecule has 0 aliphatic carbocycles. The second kappa shape index (κ2) is 6.04. The molecule has 17 heavy (non-hydrogen) atoms. The van der Waals surface area contributed by atoms with E-state index < -0.39 is 10.0 Å². The number of aromatic nitrogens is 1. The SMILES string of the molecule is CSCC(C)N(C)S(=O)(=O)c1ccc(Cl)nc1.